The lowest BCUT2D eigenvalue weighted by Crippen LogP contribution is -2.48. The average molecular weight is 268 g/mol. The first-order chi connectivity index (χ1) is 9.22. The number of nitrogens with zero attached hydrogens (tertiary/aromatic N) is 1. The van der Waals surface area contributed by atoms with Gasteiger partial charge >= 0.3 is 0 Å². The first-order valence-electron chi connectivity index (χ1n) is 6.65. The van der Waals surface area contributed by atoms with Gasteiger partial charge in [0.15, 0.2) is 0 Å². The van der Waals surface area contributed by atoms with E-state index in [1.807, 2.05) is 0 Å². The molecule has 0 aliphatic carbocycles. The average Bonchev–Trinajstić information content (AvgIpc) is 2.45. The van der Waals surface area contributed by atoms with Crippen molar-refractivity contribution in [1.29, 1.82) is 0 Å². The number of benzene rings is 1. The van der Waals surface area contributed by atoms with E-state index in [-0.39, 0.29) is 24.5 Å². The topological polar surface area (TPSA) is 58.7 Å². The van der Waals surface area contributed by atoms with E-state index in [9.17, 15) is 9.50 Å². The van der Waals surface area contributed by atoms with Crippen LogP contribution in [0.25, 0.3) is 0 Å². The highest BCUT2D eigenvalue weighted by atomic mass is 19.1. The molecule has 2 rings (SSSR count). The van der Waals surface area contributed by atoms with Crippen molar-refractivity contribution < 1.29 is 14.2 Å². The molecular formula is C14H21FN2O2. The van der Waals surface area contributed by atoms with Crippen molar-refractivity contribution in [2.24, 2.45) is 5.73 Å². The van der Waals surface area contributed by atoms with Crippen LogP contribution in [0.3, 0.4) is 0 Å². The molecular weight excluding hydrogens is 247 g/mol. The van der Waals surface area contributed by atoms with Crippen LogP contribution in [0.2, 0.25) is 0 Å². The zero-order chi connectivity index (χ0) is 13.7. The van der Waals surface area contributed by atoms with Crippen molar-refractivity contribution >= 4 is 0 Å². The standard InChI is InChI=1S/C14H21FN2O2/c15-13-4-2-1-3-12(13)14(16)5-6-17-7-8-19-10-11(17)9-18/h1-4,11,14,18H,5-10,16H2. The van der Waals surface area contributed by atoms with E-state index in [4.69, 9.17) is 10.5 Å². The van der Waals surface area contributed by atoms with Crippen LogP contribution in [0.15, 0.2) is 24.3 Å². The van der Waals surface area contributed by atoms with Crippen LogP contribution in [0.4, 0.5) is 4.39 Å². The second-order valence-corrected chi connectivity index (χ2v) is 4.86. The summed E-state index contributed by atoms with van der Waals surface area (Å²) in [6.45, 7) is 2.82. The summed E-state index contributed by atoms with van der Waals surface area (Å²) in [6.07, 6.45) is 0.664. The van der Waals surface area contributed by atoms with Crippen molar-refractivity contribution in [2.75, 3.05) is 32.9 Å². The number of halogens is 1. The van der Waals surface area contributed by atoms with Crippen molar-refractivity contribution in [3.05, 3.63) is 35.6 Å². The van der Waals surface area contributed by atoms with Gasteiger partial charge in [-0.3, -0.25) is 4.90 Å². The summed E-state index contributed by atoms with van der Waals surface area (Å²) in [5.74, 6) is -0.254. The highest BCUT2D eigenvalue weighted by molar-refractivity contribution is 5.20. The van der Waals surface area contributed by atoms with Gasteiger partial charge in [-0.15, -0.1) is 0 Å². The molecule has 106 valence electrons. The fourth-order valence-corrected chi connectivity index (χ4v) is 2.39. The summed E-state index contributed by atoms with van der Waals surface area (Å²) in [5, 5.41) is 9.27. The van der Waals surface area contributed by atoms with Crippen LogP contribution >= 0.6 is 0 Å². The summed E-state index contributed by atoms with van der Waals surface area (Å²) >= 11 is 0. The molecule has 4 nitrogen and oxygen atoms in total. The molecule has 1 aliphatic heterocycles. The third-order valence-electron chi connectivity index (χ3n) is 3.59. The lowest BCUT2D eigenvalue weighted by atomic mass is 10.0. The highest BCUT2D eigenvalue weighted by Crippen LogP contribution is 2.19. The summed E-state index contributed by atoms with van der Waals surface area (Å²) in [4.78, 5) is 2.16. The number of aliphatic hydroxyl groups excluding tert-OH is 1. The van der Waals surface area contributed by atoms with Gasteiger partial charge < -0.3 is 15.6 Å². The molecule has 19 heavy (non-hydrogen) atoms. The van der Waals surface area contributed by atoms with Crippen molar-refractivity contribution in [1.82, 2.24) is 4.90 Å². The minimum Gasteiger partial charge on any atom is -0.395 e. The molecule has 2 atom stereocenters. The largest absolute Gasteiger partial charge is 0.395 e. The molecule has 1 heterocycles. The van der Waals surface area contributed by atoms with Gasteiger partial charge in [0, 0.05) is 24.7 Å². The van der Waals surface area contributed by atoms with Crippen LogP contribution in [-0.2, 0) is 4.74 Å². The molecule has 0 bridgehead atoms. The SMILES string of the molecule is NC(CCN1CCOCC1CO)c1ccccc1F. The third kappa shape index (κ3) is 3.73. The van der Waals surface area contributed by atoms with Crippen LogP contribution < -0.4 is 5.73 Å². The zero-order valence-corrected chi connectivity index (χ0v) is 11.0. The lowest BCUT2D eigenvalue weighted by Gasteiger charge is -2.35. The van der Waals surface area contributed by atoms with Crippen LogP contribution in [0.5, 0.6) is 0 Å². The van der Waals surface area contributed by atoms with Crippen molar-refractivity contribution in [2.45, 2.75) is 18.5 Å². The Morgan fingerprint density at radius 2 is 2.26 bits per heavy atom. The van der Waals surface area contributed by atoms with E-state index in [0.717, 1.165) is 13.1 Å². The smallest absolute Gasteiger partial charge is 0.127 e. The Balaban J connectivity index is 1.89. The Kier molecular flexibility index (Phi) is 5.27. The normalized spacial score (nSPS) is 22.4. The Bertz CT molecular complexity index is 403. The van der Waals surface area contributed by atoms with Gasteiger partial charge in [0.25, 0.3) is 0 Å². The lowest BCUT2D eigenvalue weighted by molar-refractivity contribution is -0.0283. The third-order valence-corrected chi connectivity index (χ3v) is 3.59. The molecule has 1 aromatic rings. The fraction of sp³-hybridized carbons (Fsp3) is 0.571. The Labute approximate surface area is 113 Å². The number of hydrogen-bond donors (Lipinski definition) is 2. The van der Waals surface area contributed by atoms with Crippen LogP contribution in [0.1, 0.15) is 18.0 Å². The molecule has 0 aromatic heterocycles. The predicted octanol–water partition coefficient (Wildman–Crippen LogP) is 0.909. The number of nitrogens with two attached hydrogens (primary N) is 1. The van der Waals surface area contributed by atoms with Gasteiger partial charge in [0.2, 0.25) is 0 Å². The van der Waals surface area contributed by atoms with Crippen LogP contribution in [0, 0.1) is 5.82 Å². The van der Waals surface area contributed by atoms with Gasteiger partial charge in [0.1, 0.15) is 5.82 Å². The minimum absolute atomic E-state index is 0.0292. The Hall–Kier alpha value is -1.01. The van der Waals surface area contributed by atoms with E-state index < -0.39 is 0 Å². The number of hydrogen-bond acceptors (Lipinski definition) is 4. The van der Waals surface area contributed by atoms with Gasteiger partial charge in [-0.2, -0.15) is 0 Å². The Morgan fingerprint density at radius 3 is 3.00 bits per heavy atom. The maximum Gasteiger partial charge on any atom is 0.127 e. The summed E-state index contributed by atoms with van der Waals surface area (Å²) < 4.78 is 18.9. The molecule has 1 aliphatic rings. The van der Waals surface area contributed by atoms with Gasteiger partial charge in [-0.05, 0) is 12.5 Å². The second kappa shape index (κ2) is 6.96. The number of rotatable bonds is 5. The first kappa shape index (κ1) is 14.4. The molecule has 0 spiro atoms. The summed E-state index contributed by atoms with van der Waals surface area (Å²) in [7, 11) is 0. The molecule has 0 amide bonds. The Morgan fingerprint density at radius 1 is 1.47 bits per heavy atom. The van der Waals surface area contributed by atoms with Gasteiger partial charge in [-0.1, -0.05) is 18.2 Å². The second-order valence-electron chi connectivity index (χ2n) is 4.86. The summed E-state index contributed by atoms with van der Waals surface area (Å²) in [6, 6.07) is 6.33. The van der Waals surface area contributed by atoms with E-state index in [1.165, 1.54) is 6.07 Å². The quantitative estimate of drug-likeness (QED) is 0.833. The number of ether oxygens (including phenoxy) is 1. The van der Waals surface area contributed by atoms with Gasteiger partial charge in [0.05, 0.1) is 25.9 Å². The molecule has 1 fully saturated rings. The summed E-state index contributed by atoms with van der Waals surface area (Å²) in [5.41, 5.74) is 6.59. The predicted molar refractivity (Wildman–Crippen MR) is 71.2 cm³/mol. The molecule has 0 radical (unpaired) electrons. The van der Waals surface area contributed by atoms with E-state index in [2.05, 4.69) is 4.90 Å². The molecule has 1 saturated heterocycles. The van der Waals surface area contributed by atoms with Crippen molar-refractivity contribution in [3.8, 4) is 0 Å². The minimum atomic E-state index is -0.316. The monoisotopic (exact) mass is 268 g/mol. The molecule has 5 heteroatoms. The molecule has 1 aromatic carbocycles. The molecule has 3 N–H and O–H groups in total. The first-order valence-corrected chi connectivity index (χ1v) is 6.65. The zero-order valence-electron chi connectivity index (χ0n) is 11.0. The van der Waals surface area contributed by atoms with E-state index in [0.29, 0.717) is 25.2 Å². The molecule has 2 unspecified atom stereocenters. The maximum atomic E-state index is 13.6. The van der Waals surface area contributed by atoms with Crippen LogP contribution in [-0.4, -0.2) is 49.0 Å². The van der Waals surface area contributed by atoms with E-state index in [1.54, 1.807) is 18.2 Å². The number of aliphatic hydroxyl groups is 1. The highest BCUT2D eigenvalue weighted by Gasteiger charge is 2.22. The fourth-order valence-electron chi connectivity index (χ4n) is 2.39. The van der Waals surface area contributed by atoms with Crippen molar-refractivity contribution in [3.63, 3.8) is 0 Å². The number of morpholine rings is 1. The van der Waals surface area contributed by atoms with E-state index >= 15 is 0 Å². The molecule has 0 saturated carbocycles. The maximum absolute atomic E-state index is 13.6. The van der Waals surface area contributed by atoms with Gasteiger partial charge in [-0.25, -0.2) is 4.39 Å².